The molecule has 1 fully saturated rings. The maximum atomic E-state index is 11.8. The number of piperidine rings is 1. The van der Waals surface area contributed by atoms with Crippen molar-refractivity contribution in [3.63, 3.8) is 0 Å². The summed E-state index contributed by atoms with van der Waals surface area (Å²) in [5.74, 6) is -2.00. The molecule has 0 aromatic carbocycles. The predicted octanol–water partition coefficient (Wildman–Crippen LogP) is 0.936. The smallest absolute Gasteiger partial charge is 0.410 e. The zero-order valence-corrected chi connectivity index (χ0v) is 11.0. The van der Waals surface area contributed by atoms with Gasteiger partial charge in [-0.25, -0.2) is 4.79 Å². The van der Waals surface area contributed by atoms with Gasteiger partial charge in [0, 0.05) is 19.7 Å². The van der Waals surface area contributed by atoms with E-state index in [0.717, 1.165) is 0 Å². The van der Waals surface area contributed by atoms with Gasteiger partial charge in [-0.1, -0.05) is 0 Å². The van der Waals surface area contributed by atoms with E-state index < -0.39 is 23.6 Å². The number of aliphatic hydroxyl groups excluding tert-OH is 1. The van der Waals surface area contributed by atoms with Crippen LogP contribution in [0, 0.1) is 11.8 Å². The summed E-state index contributed by atoms with van der Waals surface area (Å²) in [6.45, 7) is 5.64. The number of carboxylic acid groups (broad SMARTS) is 1. The van der Waals surface area contributed by atoms with Gasteiger partial charge in [0.15, 0.2) is 0 Å². The number of nitrogens with zero attached hydrogens (tertiary/aromatic N) is 1. The van der Waals surface area contributed by atoms with E-state index in [1.54, 1.807) is 20.8 Å². The van der Waals surface area contributed by atoms with E-state index in [0.29, 0.717) is 13.0 Å². The van der Waals surface area contributed by atoms with Crippen molar-refractivity contribution in [2.24, 2.45) is 11.8 Å². The Balaban J connectivity index is 2.65. The average Bonchev–Trinajstić information content (AvgIpc) is 2.25. The Bertz CT molecular complexity index is 323. The van der Waals surface area contributed by atoms with Crippen LogP contribution in [0.15, 0.2) is 0 Å². The van der Waals surface area contributed by atoms with Gasteiger partial charge in [-0.2, -0.15) is 0 Å². The Morgan fingerprint density at radius 3 is 2.44 bits per heavy atom. The molecular weight excluding hydrogens is 238 g/mol. The lowest BCUT2D eigenvalue weighted by Gasteiger charge is -2.36. The number of amides is 1. The Kier molecular flexibility index (Phi) is 4.56. The average molecular weight is 259 g/mol. The zero-order valence-electron chi connectivity index (χ0n) is 11.0. The maximum absolute atomic E-state index is 11.8. The van der Waals surface area contributed by atoms with Crippen molar-refractivity contribution < 1.29 is 24.5 Å². The highest BCUT2D eigenvalue weighted by Crippen LogP contribution is 2.24. The highest BCUT2D eigenvalue weighted by atomic mass is 16.6. The summed E-state index contributed by atoms with van der Waals surface area (Å²) >= 11 is 0. The predicted molar refractivity (Wildman–Crippen MR) is 64.1 cm³/mol. The number of aliphatic carboxylic acids is 1. The minimum Gasteiger partial charge on any atom is -0.481 e. The summed E-state index contributed by atoms with van der Waals surface area (Å²) in [5.41, 5.74) is -0.594. The molecule has 0 saturated carbocycles. The van der Waals surface area contributed by atoms with Crippen molar-refractivity contribution in [2.45, 2.75) is 32.8 Å². The lowest BCUT2D eigenvalue weighted by Crippen LogP contribution is -2.48. The van der Waals surface area contributed by atoms with E-state index in [-0.39, 0.29) is 19.1 Å². The molecule has 0 unspecified atom stereocenters. The van der Waals surface area contributed by atoms with E-state index in [4.69, 9.17) is 14.9 Å². The molecule has 0 radical (unpaired) electrons. The Morgan fingerprint density at radius 1 is 1.39 bits per heavy atom. The van der Waals surface area contributed by atoms with Crippen molar-refractivity contribution >= 4 is 12.1 Å². The molecule has 1 rings (SSSR count). The summed E-state index contributed by atoms with van der Waals surface area (Å²) in [6.07, 6.45) is -0.0164. The highest BCUT2D eigenvalue weighted by molar-refractivity contribution is 5.73. The standard InChI is InChI=1S/C12H21NO5/c1-12(2,3)18-11(17)13-5-4-8(7-14)9(6-13)10(15)16/h8-9,14H,4-7H2,1-3H3,(H,15,16)/t8-,9+/m1/s1. The van der Waals surface area contributed by atoms with E-state index in [1.165, 1.54) is 4.90 Å². The van der Waals surface area contributed by atoms with Crippen molar-refractivity contribution in [3.8, 4) is 0 Å². The van der Waals surface area contributed by atoms with Crippen LogP contribution in [0.1, 0.15) is 27.2 Å². The quantitative estimate of drug-likeness (QED) is 0.770. The number of carbonyl (C=O) groups excluding carboxylic acids is 1. The minimum atomic E-state index is -0.984. The summed E-state index contributed by atoms with van der Waals surface area (Å²) in [6, 6.07) is 0. The molecule has 0 aliphatic carbocycles. The van der Waals surface area contributed by atoms with Gasteiger partial charge in [0.2, 0.25) is 0 Å². The molecule has 1 amide bonds. The molecule has 6 nitrogen and oxygen atoms in total. The van der Waals surface area contributed by atoms with E-state index >= 15 is 0 Å². The van der Waals surface area contributed by atoms with Crippen LogP contribution in [0.4, 0.5) is 4.79 Å². The molecule has 0 bridgehead atoms. The fourth-order valence-corrected chi connectivity index (χ4v) is 1.99. The van der Waals surface area contributed by atoms with Crippen LogP contribution in [0.2, 0.25) is 0 Å². The van der Waals surface area contributed by atoms with Crippen molar-refractivity contribution in [2.75, 3.05) is 19.7 Å². The number of aliphatic hydroxyl groups is 1. The first-order valence-corrected chi connectivity index (χ1v) is 6.06. The molecule has 1 aliphatic rings. The van der Waals surface area contributed by atoms with Crippen LogP contribution in [0.25, 0.3) is 0 Å². The molecule has 18 heavy (non-hydrogen) atoms. The molecule has 6 heteroatoms. The lowest BCUT2D eigenvalue weighted by atomic mass is 9.86. The first kappa shape index (κ1) is 14.8. The van der Waals surface area contributed by atoms with Gasteiger partial charge >= 0.3 is 12.1 Å². The number of carbonyl (C=O) groups is 2. The van der Waals surface area contributed by atoms with Gasteiger partial charge in [-0.05, 0) is 33.1 Å². The van der Waals surface area contributed by atoms with Gasteiger partial charge in [0.1, 0.15) is 5.60 Å². The molecule has 2 atom stereocenters. The molecule has 104 valence electrons. The van der Waals surface area contributed by atoms with Gasteiger partial charge in [-0.15, -0.1) is 0 Å². The largest absolute Gasteiger partial charge is 0.481 e. The summed E-state index contributed by atoms with van der Waals surface area (Å²) in [7, 11) is 0. The number of rotatable bonds is 2. The topological polar surface area (TPSA) is 87.1 Å². The van der Waals surface area contributed by atoms with Gasteiger partial charge in [-0.3, -0.25) is 4.79 Å². The highest BCUT2D eigenvalue weighted by Gasteiger charge is 2.36. The SMILES string of the molecule is CC(C)(C)OC(=O)N1CC[C@H](CO)[C@@H](C(=O)O)C1. The summed E-state index contributed by atoms with van der Waals surface area (Å²) < 4.78 is 5.21. The van der Waals surface area contributed by atoms with Gasteiger partial charge in [0.05, 0.1) is 5.92 Å². The van der Waals surface area contributed by atoms with Crippen LogP contribution in [0.3, 0.4) is 0 Å². The second-order valence-electron chi connectivity index (χ2n) is 5.60. The number of likely N-dealkylation sites (tertiary alicyclic amines) is 1. The molecular formula is C12H21NO5. The van der Waals surface area contributed by atoms with E-state index in [1.807, 2.05) is 0 Å². The number of hydrogen-bond donors (Lipinski definition) is 2. The summed E-state index contributed by atoms with van der Waals surface area (Å²) in [4.78, 5) is 24.3. The maximum Gasteiger partial charge on any atom is 0.410 e. The van der Waals surface area contributed by atoms with Crippen molar-refractivity contribution in [1.82, 2.24) is 4.90 Å². The first-order valence-electron chi connectivity index (χ1n) is 6.06. The Labute approximate surface area is 107 Å². The second kappa shape index (κ2) is 5.56. The van der Waals surface area contributed by atoms with Gasteiger partial charge < -0.3 is 19.8 Å². The lowest BCUT2D eigenvalue weighted by molar-refractivity contribution is -0.146. The Hall–Kier alpha value is -1.30. The summed E-state index contributed by atoms with van der Waals surface area (Å²) in [5, 5.41) is 18.2. The molecule has 2 N–H and O–H groups in total. The second-order valence-corrected chi connectivity index (χ2v) is 5.60. The molecule has 0 aromatic rings. The van der Waals surface area contributed by atoms with Crippen LogP contribution in [-0.4, -0.2) is 52.5 Å². The molecule has 1 heterocycles. The van der Waals surface area contributed by atoms with Crippen molar-refractivity contribution in [3.05, 3.63) is 0 Å². The molecule has 0 aromatic heterocycles. The third-order valence-electron chi connectivity index (χ3n) is 2.96. The molecule has 0 spiro atoms. The van der Waals surface area contributed by atoms with Crippen LogP contribution in [0.5, 0.6) is 0 Å². The minimum absolute atomic E-state index is 0.0927. The number of ether oxygens (including phenoxy) is 1. The number of hydrogen-bond acceptors (Lipinski definition) is 4. The molecule has 1 aliphatic heterocycles. The fourth-order valence-electron chi connectivity index (χ4n) is 1.99. The Morgan fingerprint density at radius 2 is 2.00 bits per heavy atom. The van der Waals surface area contributed by atoms with Crippen molar-refractivity contribution in [1.29, 1.82) is 0 Å². The monoisotopic (exact) mass is 259 g/mol. The first-order chi connectivity index (χ1) is 8.24. The van der Waals surface area contributed by atoms with Crippen LogP contribution < -0.4 is 0 Å². The fraction of sp³-hybridized carbons (Fsp3) is 0.833. The van der Waals surface area contributed by atoms with E-state index in [9.17, 15) is 9.59 Å². The normalized spacial score (nSPS) is 24.8. The third kappa shape index (κ3) is 3.87. The zero-order chi connectivity index (χ0) is 13.9. The third-order valence-corrected chi connectivity index (χ3v) is 2.96. The van der Waals surface area contributed by atoms with Crippen LogP contribution >= 0.6 is 0 Å². The van der Waals surface area contributed by atoms with Crippen LogP contribution in [-0.2, 0) is 9.53 Å². The molecule has 1 saturated heterocycles. The van der Waals surface area contributed by atoms with Gasteiger partial charge in [0.25, 0.3) is 0 Å². The number of carboxylic acids is 1. The van der Waals surface area contributed by atoms with E-state index in [2.05, 4.69) is 0 Å².